The van der Waals surface area contributed by atoms with Crippen molar-refractivity contribution in [1.29, 1.82) is 0 Å². The third-order valence-electron chi connectivity index (χ3n) is 4.65. The van der Waals surface area contributed by atoms with Crippen LogP contribution in [0.4, 0.5) is 0 Å². The largest absolute Gasteiger partial charge is 0.381 e. The van der Waals surface area contributed by atoms with Crippen LogP contribution in [0.2, 0.25) is 0 Å². The highest BCUT2D eigenvalue weighted by Gasteiger charge is 2.04. The maximum atomic E-state index is 11.8. The number of hydrogen-bond acceptors (Lipinski definition) is 2. The Hall–Kier alpha value is -1.61. The molecule has 1 rings (SSSR count). The second-order valence-electron chi connectivity index (χ2n) is 6.89. The molecule has 1 atom stereocenters. The van der Waals surface area contributed by atoms with E-state index in [4.69, 9.17) is 4.74 Å². The van der Waals surface area contributed by atoms with Crippen LogP contribution in [0.25, 0.3) is 0 Å². The maximum Gasteiger partial charge on any atom is 0.220 e. The number of rotatable bonds is 15. The molecule has 0 saturated heterocycles. The number of allylic oxidation sites excluding steroid dienone is 1. The van der Waals surface area contributed by atoms with Gasteiger partial charge in [-0.25, -0.2) is 0 Å². The predicted molar refractivity (Wildman–Crippen MR) is 110 cm³/mol. The van der Waals surface area contributed by atoms with E-state index in [1.165, 1.54) is 37.7 Å². The van der Waals surface area contributed by atoms with Crippen LogP contribution in [0.3, 0.4) is 0 Å². The summed E-state index contributed by atoms with van der Waals surface area (Å²) in [4.78, 5) is 11.8. The molecule has 0 aliphatic heterocycles. The molecule has 0 spiro atoms. The van der Waals surface area contributed by atoms with Gasteiger partial charge >= 0.3 is 0 Å². The van der Waals surface area contributed by atoms with E-state index >= 15 is 0 Å². The molecule has 1 N–H and O–H groups in total. The van der Waals surface area contributed by atoms with Gasteiger partial charge in [-0.3, -0.25) is 4.79 Å². The van der Waals surface area contributed by atoms with Gasteiger partial charge in [0, 0.05) is 20.1 Å². The zero-order chi connectivity index (χ0) is 18.9. The number of hydrogen-bond donors (Lipinski definition) is 1. The van der Waals surface area contributed by atoms with Crippen molar-refractivity contribution in [3.63, 3.8) is 0 Å². The SMILES string of the molecule is CCCCCCC[C@H](C/C=C/CCC(=O)NCCc1ccccc1)OC. The van der Waals surface area contributed by atoms with E-state index in [1.54, 1.807) is 7.11 Å². The standard InChI is InChI=1S/C23H37NO2/c1-3-4-5-6-11-16-22(26-2)17-12-8-13-18-23(25)24-20-19-21-14-9-7-10-15-21/h7-10,12,14-15,22H,3-6,11,13,16-20H2,1-2H3,(H,24,25)/b12-8+/t22-/m1/s1. The molecule has 1 aromatic rings. The van der Waals surface area contributed by atoms with Gasteiger partial charge in [0.2, 0.25) is 5.91 Å². The molecule has 0 fully saturated rings. The minimum Gasteiger partial charge on any atom is -0.381 e. The zero-order valence-electron chi connectivity index (χ0n) is 16.7. The molecule has 0 radical (unpaired) electrons. The molecule has 0 aliphatic rings. The molecule has 1 aromatic carbocycles. The van der Waals surface area contributed by atoms with Crippen molar-refractivity contribution < 1.29 is 9.53 Å². The highest BCUT2D eigenvalue weighted by Crippen LogP contribution is 2.12. The van der Waals surface area contributed by atoms with Crippen LogP contribution in [-0.2, 0) is 16.0 Å². The highest BCUT2D eigenvalue weighted by atomic mass is 16.5. The number of unbranched alkanes of at least 4 members (excludes halogenated alkanes) is 4. The summed E-state index contributed by atoms with van der Waals surface area (Å²) >= 11 is 0. The summed E-state index contributed by atoms with van der Waals surface area (Å²) < 4.78 is 5.55. The number of benzene rings is 1. The Labute approximate surface area is 160 Å². The molecule has 3 nitrogen and oxygen atoms in total. The van der Waals surface area contributed by atoms with E-state index in [0.29, 0.717) is 19.1 Å². The van der Waals surface area contributed by atoms with Gasteiger partial charge < -0.3 is 10.1 Å². The fourth-order valence-electron chi connectivity index (χ4n) is 2.97. The van der Waals surface area contributed by atoms with Gasteiger partial charge in [-0.2, -0.15) is 0 Å². The molecule has 0 unspecified atom stereocenters. The van der Waals surface area contributed by atoms with Crippen molar-refractivity contribution in [1.82, 2.24) is 5.32 Å². The second kappa shape index (κ2) is 15.6. The number of nitrogens with one attached hydrogen (secondary N) is 1. The van der Waals surface area contributed by atoms with E-state index in [-0.39, 0.29) is 5.91 Å². The predicted octanol–water partition coefficient (Wildman–Crippen LogP) is 5.45. The summed E-state index contributed by atoms with van der Waals surface area (Å²) in [7, 11) is 1.80. The molecule has 26 heavy (non-hydrogen) atoms. The monoisotopic (exact) mass is 359 g/mol. The minimum atomic E-state index is 0.129. The van der Waals surface area contributed by atoms with Gasteiger partial charge in [0.15, 0.2) is 0 Å². The molecular formula is C23H37NO2. The van der Waals surface area contributed by atoms with Crippen molar-refractivity contribution in [2.45, 2.75) is 77.2 Å². The summed E-state index contributed by atoms with van der Waals surface area (Å²) in [6.07, 6.45) is 15.4. The first-order chi connectivity index (χ1) is 12.8. The smallest absolute Gasteiger partial charge is 0.220 e. The second-order valence-corrected chi connectivity index (χ2v) is 6.89. The first-order valence-electron chi connectivity index (χ1n) is 10.2. The van der Waals surface area contributed by atoms with E-state index < -0.39 is 0 Å². The third-order valence-corrected chi connectivity index (χ3v) is 4.65. The topological polar surface area (TPSA) is 38.3 Å². The molecule has 146 valence electrons. The van der Waals surface area contributed by atoms with Crippen LogP contribution in [0, 0.1) is 0 Å². The van der Waals surface area contributed by atoms with Crippen molar-refractivity contribution in [3.8, 4) is 0 Å². The molecular weight excluding hydrogens is 322 g/mol. The molecule has 0 aromatic heterocycles. The fraction of sp³-hybridized carbons (Fsp3) is 0.609. The lowest BCUT2D eigenvalue weighted by Crippen LogP contribution is -2.25. The summed E-state index contributed by atoms with van der Waals surface area (Å²) in [6.45, 7) is 2.95. The molecule has 3 heteroatoms. The minimum absolute atomic E-state index is 0.129. The third kappa shape index (κ3) is 11.9. The number of amides is 1. The Bertz CT molecular complexity index is 484. The Kier molecular flexibility index (Phi) is 13.5. The van der Waals surface area contributed by atoms with Crippen molar-refractivity contribution in [2.24, 2.45) is 0 Å². The number of methoxy groups -OCH3 is 1. The van der Waals surface area contributed by atoms with Gasteiger partial charge in [-0.15, -0.1) is 0 Å². The molecule has 1 amide bonds. The van der Waals surface area contributed by atoms with Crippen LogP contribution in [0.15, 0.2) is 42.5 Å². The maximum absolute atomic E-state index is 11.8. The van der Waals surface area contributed by atoms with Crippen LogP contribution in [0.5, 0.6) is 0 Å². The molecule has 0 aliphatic carbocycles. The van der Waals surface area contributed by atoms with Crippen molar-refractivity contribution in [3.05, 3.63) is 48.0 Å². The van der Waals surface area contributed by atoms with Crippen molar-refractivity contribution >= 4 is 5.91 Å². The summed E-state index contributed by atoms with van der Waals surface area (Å²) in [5.74, 6) is 0.129. The van der Waals surface area contributed by atoms with Gasteiger partial charge in [0.05, 0.1) is 6.10 Å². The van der Waals surface area contributed by atoms with Gasteiger partial charge in [0.1, 0.15) is 0 Å². The average molecular weight is 360 g/mol. The van der Waals surface area contributed by atoms with Crippen LogP contribution < -0.4 is 5.32 Å². The zero-order valence-corrected chi connectivity index (χ0v) is 16.7. The lowest BCUT2D eigenvalue weighted by atomic mass is 10.1. The fourth-order valence-corrected chi connectivity index (χ4v) is 2.97. The molecule has 0 heterocycles. The summed E-state index contributed by atoms with van der Waals surface area (Å²) in [5, 5.41) is 2.99. The Morgan fingerprint density at radius 3 is 2.62 bits per heavy atom. The molecule has 0 saturated carbocycles. The Morgan fingerprint density at radius 2 is 1.88 bits per heavy atom. The van der Waals surface area contributed by atoms with E-state index in [9.17, 15) is 4.79 Å². The van der Waals surface area contributed by atoms with E-state index in [0.717, 1.165) is 25.7 Å². The number of carbonyl (C=O) groups is 1. The van der Waals surface area contributed by atoms with Gasteiger partial charge in [-0.1, -0.05) is 81.5 Å². The highest BCUT2D eigenvalue weighted by molar-refractivity contribution is 5.75. The average Bonchev–Trinajstić information content (AvgIpc) is 2.66. The van der Waals surface area contributed by atoms with Gasteiger partial charge in [-0.05, 0) is 31.2 Å². The van der Waals surface area contributed by atoms with Crippen LogP contribution in [-0.4, -0.2) is 25.7 Å². The first-order valence-corrected chi connectivity index (χ1v) is 10.2. The Morgan fingerprint density at radius 1 is 1.12 bits per heavy atom. The van der Waals surface area contributed by atoms with Crippen LogP contribution >= 0.6 is 0 Å². The normalized spacial score (nSPS) is 12.4. The molecule has 0 bridgehead atoms. The van der Waals surface area contributed by atoms with Gasteiger partial charge in [0.25, 0.3) is 0 Å². The Balaban J connectivity index is 2.04. The first kappa shape index (κ1) is 22.4. The number of ether oxygens (including phenoxy) is 1. The number of carbonyl (C=O) groups excluding carboxylic acids is 1. The van der Waals surface area contributed by atoms with Crippen molar-refractivity contribution in [2.75, 3.05) is 13.7 Å². The van der Waals surface area contributed by atoms with Crippen LogP contribution in [0.1, 0.15) is 70.3 Å². The lowest BCUT2D eigenvalue weighted by Gasteiger charge is -2.12. The lowest BCUT2D eigenvalue weighted by molar-refractivity contribution is -0.120. The van der Waals surface area contributed by atoms with E-state index in [1.807, 2.05) is 18.2 Å². The summed E-state index contributed by atoms with van der Waals surface area (Å²) in [5.41, 5.74) is 1.26. The summed E-state index contributed by atoms with van der Waals surface area (Å²) in [6, 6.07) is 10.2. The quantitative estimate of drug-likeness (QED) is 0.334. The van der Waals surface area contributed by atoms with E-state index in [2.05, 4.69) is 36.5 Å².